The Kier molecular flexibility index (Phi) is 5.63. The van der Waals surface area contributed by atoms with Crippen molar-refractivity contribution in [2.24, 2.45) is 5.92 Å². The second kappa shape index (κ2) is 6.78. The number of nitrogens with two attached hydrogens (primary N) is 1. The molecule has 5 heteroatoms. The number of amides is 1. The van der Waals surface area contributed by atoms with Gasteiger partial charge in [0.05, 0.1) is 16.8 Å². The summed E-state index contributed by atoms with van der Waals surface area (Å²) in [6, 6.07) is 4.96. The van der Waals surface area contributed by atoms with Crippen LogP contribution in [-0.4, -0.2) is 18.1 Å². The number of nitrogens with one attached hydrogen (secondary N) is 1. The highest BCUT2D eigenvalue weighted by Gasteiger charge is 2.19. The fourth-order valence-corrected chi connectivity index (χ4v) is 1.64. The van der Waals surface area contributed by atoms with E-state index >= 15 is 0 Å². The van der Waals surface area contributed by atoms with Crippen molar-refractivity contribution in [3.05, 3.63) is 23.2 Å². The van der Waals surface area contributed by atoms with E-state index in [0.29, 0.717) is 22.3 Å². The molecular weight excluding hydrogens is 264 g/mol. The maximum Gasteiger partial charge on any atom is 0.253 e. The van der Waals surface area contributed by atoms with E-state index in [1.165, 1.54) is 0 Å². The first-order valence-electron chi connectivity index (χ1n) is 6.32. The molecule has 1 aromatic carbocycles. The lowest BCUT2D eigenvalue weighted by atomic mass is 10.1. The Hall–Kier alpha value is -1.26. The third-order valence-electron chi connectivity index (χ3n) is 2.98. The van der Waals surface area contributed by atoms with E-state index in [1.54, 1.807) is 25.1 Å². The Morgan fingerprint density at radius 2 is 1.95 bits per heavy atom. The summed E-state index contributed by atoms with van der Waals surface area (Å²) < 4.78 is 5.63. The van der Waals surface area contributed by atoms with E-state index in [9.17, 15) is 4.79 Å². The molecule has 0 aliphatic heterocycles. The lowest BCUT2D eigenvalue weighted by molar-refractivity contribution is -0.130. The molecule has 0 saturated heterocycles. The van der Waals surface area contributed by atoms with E-state index in [1.807, 2.05) is 20.8 Å². The minimum absolute atomic E-state index is 0.0163. The molecule has 0 fully saturated rings. The van der Waals surface area contributed by atoms with Crippen LogP contribution < -0.4 is 11.1 Å². The van der Waals surface area contributed by atoms with Crippen molar-refractivity contribution >= 4 is 28.9 Å². The third kappa shape index (κ3) is 4.73. The molecule has 2 atom stereocenters. The Morgan fingerprint density at radius 1 is 1.32 bits per heavy atom. The van der Waals surface area contributed by atoms with Gasteiger partial charge in [0, 0.05) is 5.69 Å². The highest BCUT2D eigenvalue weighted by Crippen LogP contribution is 2.24. The molecule has 1 amide bonds. The smallest absolute Gasteiger partial charge is 0.253 e. The molecule has 0 aliphatic rings. The number of anilines is 2. The van der Waals surface area contributed by atoms with E-state index in [-0.39, 0.29) is 12.0 Å². The molecule has 3 N–H and O–H groups in total. The van der Waals surface area contributed by atoms with Crippen LogP contribution in [0.3, 0.4) is 0 Å². The molecule has 0 aliphatic carbocycles. The predicted octanol–water partition coefficient (Wildman–Crippen LogP) is 3.31. The first kappa shape index (κ1) is 15.8. The van der Waals surface area contributed by atoms with Crippen LogP contribution in [0, 0.1) is 5.92 Å². The summed E-state index contributed by atoms with van der Waals surface area (Å²) in [5.41, 5.74) is 6.69. The number of hydrogen-bond donors (Lipinski definition) is 2. The summed E-state index contributed by atoms with van der Waals surface area (Å²) in [4.78, 5) is 12.0. The molecule has 1 aromatic rings. The number of ether oxygens (including phenoxy) is 1. The third-order valence-corrected chi connectivity index (χ3v) is 3.29. The van der Waals surface area contributed by atoms with E-state index in [0.717, 1.165) is 0 Å². The van der Waals surface area contributed by atoms with Gasteiger partial charge >= 0.3 is 0 Å². The van der Waals surface area contributed by atoms with Gasteiger partial charge in [0.1, 0.15) is 6.10 Å². The second-order valence-corrected chi connectivity index (χ2v) is 5.36. The maximum absolute atomic E-state index is 12.0. The summed E-state index contributed by atoms with van der Waals surface area (Å²) in [6.07, 6.45) is -0.520. The summed E-state index contributed by atoms with van der Waals surface area (Å²) in [5.74, 6) is 0.134. The molecule has 0 bridgehead atoms. The van der Waals surface area contributed by atoms with Gasteiger partial charge in [0.15, 0.2) is 0 Å². The van der Waals surface area contributed by atoms with Crippen LogP contribution in [0.15, 0.2) is 18.2 Å². The Labute approximate surface area is 119 Å². The number of carbonyl (C=O) groups is 1. The Morgan fingerprint density at radius 3 is 2.47 bits per heavy atom. The summed E-state index contributed by atoms with van der Waals surface area (Å²) in [7, 11) is 0. The monoisotopic (exact) mass is 284 g/mol. The zero-order valence-corrected chi connectivity index (χ0v) is 12.5. The predicted molar refractivity (Wildman–Crippen MR) is 79.3 cm³/mol. The largest absolute Gasteiger partial charge is 0.399 e. The maximum atomic E-state index is 12.0. The fraction of sp³-hybridized carbons (Fsp3) is 0.500. The number of carbonyl (C=O) groups excluding carboxylic acids is 1. The van der Waals surface area contributed by atoms with Gasteiger partial charge in [0.25, 0.3) is 5.91 Å². The van der Waals surface area contributed by atoms with Gasteiger partial charge < -0.3 is 15.8 Å². The lowest BCUT2D eigenvalue weighted by Crippen LogP contribution is -2.32. The average molecular weight is 285 g/mol. The lowest BCUT2D eigenvalue weighted by Gasteiger charge is -2.21. The number of hydrogen-bond acceptors (Lipinski definition) is 3. The van der Waals surface area contributed by atoms with Gasteiger partial charge in [-0.25, -0.2) is 0 Å². The average Bonchev–Trinajstić information content (AvgIpc) is 2.32. The Bertz CT molecular complexity index is 449. The molecule has 0 heterocycles. The van der Waals surface area contributed by atoms with Gasteiger partial charge in [-0.1, -0.05) is 25.4 Å². The SMILES string of the molecule is CC(OC(C)C(C)C)C(=O)Nc1ccc(N)cc1Cl. The molecule has 0 spiro atoms. The quantitative estimate of drug-likeness (QED) is 0.815. The first-order valence-corrected chi connectivity index (χ1v) is 6.70. The van der Waals surface area contributed by atoms with Crippen LogP contribution in [0.2, 0.25) is 5.02 Å². The Balaban J connectivity index is 2.63. The van der Waals surface area contributed by atoms with Crippen molar-refractivity contribution in [3.63, 3.8) is 0 Å². The number of rotatable bonds is 5. The summed E-state index contributed by atoms with van der Waals surface area (Å²) in [6.45, 7) is 7.77. The summed E-state index contributed by atoms with van der Waals surface area (Å²) in [5, 5.41) is 3.14. The minimum Gasteiger partial charge on any atom is -0.399 e. The van der Waals surface area contributed by atoms with Crippen molar-refractivity contribution < 1.29 is 9.53 Å². The number of halogens is 1. The van der Waals surface area contributed by atoms with Crippen LogP contribution >= 0.6 is 11.6 Å². The molecular formula is C14H21ClN2O2. The normalized spacial score (nSPS) is 14.2. The minimum atomic E-state index is -0.536. The van der Waals surface area contributed by atoms with Gasteiger partial charge in [-0.15, -0.1) is 0 Å². The standard InChI is InChI=1S/C14H21ClN2O2/c1-8(2)9(3)19-10(4)14(18)17-13-6-5-11(16)7-12(13)15/h5-10H,16H2,1-4H3,(H,17,18). The molecule has 2 unspecified atom stereocenters. The van der Waals surface area contributed by atoms with Crippen molar-refractivity contribution in [2.45, 2.75) is 39.9 Å². The summed E-state index contributed by atoms with van der Waals surface area (Å²) >= 11 is 6.00. The second-order valence-electron chi connectivity index (χ2n) is 4.96. The van der Waals surface area contributed by atoms with Gasteiger partial charge in [-0.05, 0) is 38.0 Å². The zero-order valence-electron chi connectivity index (χ0n) is 11.7. The molecule has 19 heavy (non-hydrogen) atoms. The van der Waals surface area contributed by atoms with Crippen LogP contribution in [0.25, 0.3) is 0 Å². The first-order chi connectivity index (χ1) is 8.81. The van der Waals surface area contributed by atoms with Crippen molar-refractivity contribution in [3.8, 4) is 0 Å². The van der Waals surface area contributed by atoms with E-state index in [2.05, 4.69) is 5.32 Å². The van der Waals surface area contributed by atoms with Crippen LogP contribution in [-0.2, 0) is 9.53 Å². The zero-order chi connectivity index (χ0) is 14.6. The van der Waals surface area contributed by atoms with Crippen LogP contribution in [0.1, 0.15) is 27.7 Å². The van der Waals surface area contributed by atoms with Gasteiger partial charge in [0.2, 0.25) is 0 Å². The molecule has 0 radical (unpaired) electrons. The van der Waals surface area contributed by atoms with Crippen molar-refractivity contribution in [2.75, 3.05) is 11.1 Å². The number of benzene rings is 1. The topological polar surface area (TPSA) is 64.3 Å². The molecule has 4 nitrogen and oxygen atoms in total. The highest BCUT2D eigenvalue weighted by atomic mass is 35.5. The molecule has 1 rings (SSSR count). The van der Waals surface area contributed by atoms with Gasteiger partial charge in [-0.2, -0.15) is 0 Å². The van der Waals surface area contributed by atoms with Crippen molar-refractivity contribution in [1.82, 2.24) is 0 Å². The van der Waals surface area contributed by atoms with Crippen molar-refractivity contribution in [1.29, 1.82) is 0 Å². The van der Waals surface area contributed by atoms with E-state index in [4.69, 9.17) is 22.1 Å². The highest BCUT2D eigenvalue weighted by molar-refractivity contribution is 6.34. The van der Waals surface area contributed by atoms with E-state index < -0.39 is 6.10 Å². The van der Waals surface area contributed by atoms with Gasteiger partial charge in [-0.3, -0.25) is 4.79 Å². The molecule has 0 aromatic heterocycles. The fourth-order valence-electron chi connectivity index (χ4n) is 1.41. The van der Waals surface area contributed by atoms with Crippen LogP contribution in [0.5, 0.6) is 0 Å². The van der Waals surface area contributed by atoms with Crippen LogP contribution in [0.4, 0.5) is 11.4 Å². The number of nitrogen functional groups attached to an aromatic ring is 1. The molecule has 106 valence electrons. The molecule has 0 saturated carbocycles.